The Morgan fingerprint density at radius 1 is 1.04 bits per heavy atom. The number of carbonyl (C=O) groups is 1. The Balaban J connectivity index is 1.69. The van der Waals surface area contributed by atoms with Crippen molar-refractivity contribution in [1.82, 2.24) is 0 Å². The molecule has 3 heteroatoms. The first kappa shape index (κ1) is 16.0. The topological polar surface area (TPSA) is 26.3 Å². The fraction of sp³-hybridized carbons (Fsp3) is 0.450. The summed E-state index contributed by atoms with van der Waals surface area (Å²) in [4.78, 5) is 10.9. The van der Waals surface area contributed by atoms with Gasteiger partial charge in [0.1, 0.15) is 17.7 Å². The van der Waals surface area contributed by atoms with E-state index >= 15 is 0 Å². The van der Waals surface area contributed by atoms with E-state index in [4.69, 9.17) is 4.74 Å². The van der Waals surface area contributed by atoms with Crippen LogP contribution in [0, 0.1) is 5.92 Å². The Morgan fingerprint density at radius 3 is 2.39 bits per heavy atom. The van der Waals surface area contributed by atoms with Gasteiger partial charge in [-0.1, -0.05) is 18.2 Å². The molecular weight excluding hydrogens is 291 g/mol. The minimum Gasteiger partial charge on any atom is -0.490 e. The predicted octanol–water partition coefficient (Wildman–Crippen LogP) is 5.34. The molecule has 0 heterocycles. The zero-order chi connectivity index (χ0) is 16.4. The molecule has 0 saturated heterocycles. The molecular formula is C20H23FO2. The lowest BCUT2D eigenvalue weighted by Crippen LogP contribution is -2.33. The van der Waals surface area contributed by atoms with E-state index in [1.807, 2.05) is 36.4 Å². The summed E-state index contributed by atoms with van der Waals surface area (Å²) in [5.74, 6) is 0.956. The Bertz CT molecular complexity index is 694. The molecule has 2 nitrogen and oxygen atoms in total. The molecule has 0 atom stereocenters. The van der Waals surface area contributed by atoms with E-state index in [-0.39, 0.29) is 12.0 Å². The quantitative estimate of drug-likeness (QED) is 0.712. The molecule has 3 rings (SSSR count). The molecule has 0 bridgehead atoms. The summed E-state index contributed by atoms with van der Waals surface area (Å²) in [6, 6.07) is 11.6. The van der Waals surface area contributed by atoms with Crippen LogP contribution in [0.15, 0.2) is 36.4 Å². The van der Waals surface area contributed by atoms with Gasteiger partial charge in [0.15, 0.2) is 0 Å². The van der Waals surface area contributed by atoms with Gasteiger partial charge in [0.25, 0.3) is 0 Å². The Hall–Kier alpha value is -1.90. The molecule has 0 N–H and O–H groups in total. The van der Waals surface area contributed by atoms with Crippen molar-refractivity contribution in [3.05, 3.63) is 42.0 Å². The second kappa shape index (κ2) is 6.31. The second-order valence-corrected chi connectivity index (χ2v) is 7.04. The molecule has 0 aliphatic heterocycles. The van der Waals surface area contributed by atoms with E-state index in [1.54, 1.807) is 13.8 Å². The average Bonchev–Trinajstić information content (AvgIpc) is 2.54. The number of hydrogen-bond donors (Lipinski definition) is 0. The van der Waals surface area contributed by atoms with E-state index in [9.17, 15) is 9.18 Å². The highest BCUT2D eigenvalue weighted by Crippen LogP contribution is 2.36. The fourth-order valence-corrected chi connectivity index (χ4v) is 3.45. The number of aldehydes is 1. The maximum atomic E-state index is 14.0. The SMILES string of the molecule is CC(C)(F)C1CCC(Oc2ccc3ccc(C=O)cc3c2)CC1. The third-order valence-electron chi connectivity index (χ3n) is 4.92. The minimum absolute atomic E-state index is 0.133. The van der Waals surface area contributed by atoms with Gasteiger partial charge < -0.3 is 4.74 Å². The number of carbonyl (C=O) groups excluding carboxylic acids is 1. The summed E-state index contributed by atoms with van der Waals surface area (Å²) in [7, 11) is 0. The lowest BCUT2D eigenvalue weighted by molar-refractivity contribution is 0.0523. The second-order valence-electron chi connectivity index (χ2n) is 7.04. The summed E-state index contributed by atoms with van der Waals surface area (Å²) < 4.78 is 20.1. The highest BCUT2D eigenvalue weighted by atomic mass is 19.1. The van der Waals surface area contributed by atoms with Crippen LogP contribution in [0.5, 0.6) is 5.75 Å². The van der Waals surface area contributed by atoms with Crippen LogP contribution in [0.2, 0.25) is 0 Å². The van der Waals surface area contributed by atoms with Crippen LogP contribution < -0.4 is 4.74 Å². The van der Waals surface area contributed by atoms with Gasteiger partial charge in [0.2, 0.25) is 0 Å². The van der Waals surface area contributed by atoms with Crippen molar-refractivity contribution < 1.29 is 13.9 Å². The first-order chi connectivity index (χ1) is 11.0. The van der Waals surface area contributed by atoms with Gasteiger partial charge in [0.05, 0.1) is 6.10 Å². The summed E-state index contributed by atoms with van der Waals surface area (Å²) in [5, 5.41) is 2.09. The van der Waals surface area contributed by atoms with Gasteiger partial charge in [-0.15, -0.1) is 0 Å². The molecule has 1 fully saturated rings. The van der Waals surface area contributed by atoms with Crippen LogP contribution >= 0.6 is 0 Å². The summed E-state index contributed by atoms with van der Waals surface area (Å²) in [5.41, 5.74) is -0.431. The normalized spacial score (nSPS) is 22.0. The lowest BCUT2D eigenvalue weighted by Gasteiger charge is -2.34. The number of fused-ring (bicyclic) bond motifs is 1. The van der Waals surface area contributed by atoms with Crippen molar-refractivity contribution in [1.29, 1.82) is 0 Å². The maximum absolute atomic E-state index is 14.0. The standard InChI is InChI=1S/C20H23FO2/c1-20(2,21)17-6-9-18(10-7-17)23-19-8-5-15-4-3-14(13-22)11-16(15)12-19/h3-5,8,11-13,17-18H,6-7,9-10H2,1-2H3. The number of halogens is 1. The van der Waals surface area contributed by atoms with E-state index in [0.29, 0.717) is 5.56 Å². The van der Waals surface area contributed by atoms with Crippen molar-refractivity contribution in [2.45, 2.75) is 51.3 Å². The largest absolute Gasteiger partial charge is 0.490 e. The molecule has 0 radical (unpaired) electrons. The van der Waals surface area contributed by atoms with Crippen LogP contribution in [0.3, 0.4) is 0 Å². The molecule has 23 heavy (non-hydrogen) atoms. The number of benzene rings is 2. The summed E-state index contributed by atoms with van der Waals surface area (Å²) in [6.07, 6.45) is 4.54. The monoisotopic (exact) mass is 314 g/mol. The zero-order valence-electron chi connectivity index (χ0n) is 13.7. The maximum Gasteiger partial charge on any atom is 0.150 e. The molecule has 0 spiro atoms. The average molecular weight is 314 g/mol. The molecule has 1 aliphatic rings. The predicted molar refractivity (Wildman–Crippen MR) is 90.9 cm³/mol. The molecule has 2 aromatic rings. The Morgan fingerprint density at radius 2 is 1.74 bits per heavy atom. The molecule has 122 valence electrons. The van der Waals surface area contributed by atoms with Crippen molar-refractivity contribution in [3.8, 4) is 5.75 Å². The van der Waals surface area contributed by atoms with Gasteiger partial charge in [-0.3, -0.25) is 4.79 Å². The van der Waals surface area contributed by atoms with E-state index in [2.05, 4.69) is 0 Å². The molecule has 0 unspecified atom stereocenters. The number of ether oxygens (including phenoxy) is 1. The van der Waals surface area contributed by atoms with E-state index in [1.165, 1.54) is 0 Å². The van der Waals surface area contributed by atoms with Crippen LogP contribution in [0.4, 0.5) is 4.39 Å². The first-order valence-electron chi connectivity index (χ1n) is 8.30. The van der Waals surface area contributed by atoms with Crippen molar-refractivity contribution in [3.63, 3.8) is 0 Å². The van der Waals surface area contributed by atoms with Gasteiger partial charge in [-0.25, -0.2) is 4.39 Å². The third kappa shape index (κ3) is 3.72. The third-order valence-corrected chi connectivity index (χ3v) is 4.92. The van der Waals surface area contributed by atoms with Gasteiger partial charge in [0, 0.05) is 5.56 Å². The van der Waals surface area contributed by atoms with Crippen molar-refractivity contribution >= 4 is 17.1 Å². The molecule has 1 aliphatic carbocycles. The highest BCUT2D eigenvalue weighted by molar-refractivity contribution is 5.89. The number of hydrogen-bond acceptors (Lipinski definition) is 2. The van der Waals surface area contributed by atoms with Crippen LogP contribution in [0.1, 0.15) is 49.9 Å². The van der Waals surface area contributed by atoms with Crippen molar-refractivity contribution in [2.75, 3.05) is 0 Å². The highest BCUT2D eigenvalue weighted by Gasteiger charge is 2.33. The summed E-state index contributed by atoms with van der Waals surface area (Å²) >= 11 is 0. The Kier molecular flexibility index (Phi) is 4.38. The smallest absolute Gasteiger partial charge is 0.150 e. The van der Waals surface area contributed by atoms with E-state index in [0.717, 1.165) is 48.5 Å². The summed E-state index contributed by atoms with van der Waals surface area (Å²) in [6.45, 7) is 3.35. The molecule has 1 saturated carbocycles. The van der Waals surface area contributed by atoms with Crippen LogP contribution in [-0.4, -0.2) is 18.1 Å². The van der Waals surface area contributed by atoms with Crippen molar-refractivity contribution in [2.24, 2.45) is 5.92 Å². The van der Waals surface area contributed by atoms with Gasteiger partial charge >= 0.3 is 0 Å². The van der Waals surface area contributed by atoms with Gasteiger partial charge in [-0.2, -0.15) is 0 Å². The molecule has 2 aromatic carbocycles. The first-order valence-corrected chi connectivity index (χ1v) is 8.30. The Labute approximate surface area is 136 Å². The minimum atomic E-state index is -1.10. The fourth-order valence-electron chi connectivity index (χ4n) is 3.45. The van der Waals surface area contributed by atoms with E-state index < -0.39 is 5.67 Å². The number of alkyl halides is 1. The van der Waals surface area contributed by atoms with Gasteiger partial charge in [-0.05, 0) is 74.4 Å². The zero-order valence-corrected chi connectivity index (χ0v) is 13.7. The van der Waals surface area contributed by atoms with Crippen LogP contribution in [-0.2, 0) is 0 Å². The van der Waals surface area contributed by atoms with Crippen LogP contribution in [0.25, 0.3) is 10.8 Å². The molecule has 0 aromatic heterocycles. The molecule has 0 amide bonds. The lowest BCUT2D eigenvalue weighted by atomic mass is 9.79. The number of rotatable bonds is 4.